The Labute approximate surface area is 184 Å². The Morgan fingerprint density at radius 1 is 1.06 bits per heavy atom. The van der Waals surface area contributed by atoms with Gasteiger partial charge in [0.15, 0.2) is 11.5 Å². The van der Waals surface area contributed by atoms with Crippen LogP contribution in [0.15, 0.2) is 41.8 Å². The summed E-state index contributed by atoms with van der Waals surface area (Å²) >= 11 is 1.51. The summed E-state index contributed by atoms with van der Waals surface area (Å²) in [7, 11) is 3.20. The van der Waals surface area contributed by atoms with Crippen LogP contribution in [0.4, 0.5) is 11.4 Å². The summed E-state index contributed by atoms with van der Waals surface area (Å²) in [5.41, 5.74) is 3.39. The molecule has 1 saturated heterocycles. The average Bonchev–Trinajstić information content (AvgIpc) is 3.49. The third-order valence-electron chi connectivity index (χ3n) is 5.26. The van der Waals surface area contributed by atoms with Gasteiger partial charge in [-0.05, 0) is 48.7 Å². The van der Waals surface area contributed by atoms with Crippen molar-refractivity contribution < 1.29 is 14.4 Å². The van der Waals surface area contributed by atoms with Gasteiger partial charge in [0.1, 0.15) is 10.7 Å². The fraction of sp³-hybridized carbons (Fsp3) is 0.261. The zero-order chi connectivity index (χ0) is 21.8. The summed E-state index contributed by atoms with van der Waals surface area (Å²) in [6.45, 7) is 1.74. The highest BCUT2D eigenvalue weighted by Crippen LogP contribution is 2.34. The number of benzene rings is 2. The van der Waals surface area contributed by atoms with Crippen LogP contribution in [0.5, 0.6) is 11.5 Å². The van der Waals surface area contributed by atoms with Crippen LogP contribution in [0.3, 0.4) is 0 Å². The Balaban J connectivity index is 1.55. The lowest BCUT2D eigenvalue weighted by Crippen LogP contribution is -2.18. The zero-order valence-electron chi connectivity index (χ0n) is 17.4. The third-order valence-corrected chi connectivity index (χ3v) is 6.07. The van der Waals surface area contributed by atoms with Gasteiger partial charge in [-0.1, -0.05) is 12.1 Å². The quantitative estimate of drug-likeness (QED) is 0.358. The van der Waals surface area contributed by atoms with Crippen molar-refractivity contribution >= 4 is 34.9 Å². The number of thiazole rings is 1. The monoisotopic (exact) mass is 437 g/mol. The maximum Gasteiger partial charge on any atom is 0.293 e. The van der Waals surface area contributed by atoms with E-state index in [1.165, 1.54) is 11.3 Å². The molecule has 1 aliphatic heterocycles. The molecule has 0 atom stereocenters. The lowest BCUT2D eigenvalue weighted by Gasteiger charge is -2.17. The Kier molecular flexibility index (Phi) is 6.18. The van der Waals surface area contributed by atoms with Gasteiger partial charge in [0.05, 0.1) is 24.8 Å². The number of nitrogens with zero attached hydrogens (tertiary/aromatic N) is 3. The molecular weight excluding hydrogens is 414 g/mol. The molecule has 0 unspecified atom stereocenters. The molecule has 2 heterocycles. The van der Waals surface area contributed by atoms with E-state index in [0.29, 0.717) is 17.2 Å². The molecule has 31 heavy (non-hydrogen) atoms. The molecule has 0 spiro atoms. The number of methoxy groups -OCH3 is 2. The highest BCUT2D eigenvalue weighted by Gasteiger charge is 2.22. The minimum Gasteiger partial charge on any atom is -0.493 e. The first-order chi connectivity index (χ1) is 15.1. The molecule has 2 aromatic carbocycles. The second kappa shape index (κ2) is 9.18. The molecule has 1 aliphatic rings. The second-order valence-electron chi connectivity index (χ2n) is 7.17. The Bertz CT molecular complexity index is 1120. The first kappa shape index (κ1) is 20.9. The van der Waals surface area contributed by atoms with Gasteiger partial charge in [-0.2, -0.15) is 0 Å². The molecule has 8 heteroatoms. The van der Waals surface area contributed by atoms with Gasteiger partial charge < -0.3 is 14.4 Å². The number of rotatable bonds is 7. The van der Waals surface area contributed by atoms with E-state index in [-0.39, 0.29) is 10.6 Å². The van der Waals surface area contributed by atoms with E-state index >= 15 is 0 Å². The lowest BCUT2D eigenvalue weighted by atomic mass is 10.1. The summed E-state index contributed by atoms with van der Waals surface area (Å²) in [6.07, 6.45) is 5.89. The van der Waals surface area contributed by atoms with Crippen molar-refractivity contribution in [2.75, 3.05) is 32.2 Å². The van der Waals surface area contributed by atoms with Crippen molar-refractivity contribution in [1.29, 1.82) is 0 Å². The van der Waals surface area contributed by atoms with Crippen LogP contribution in [0.2, 0.25) is 0 Å². The first-order valence-corrected chi connectivity index (χ1v) is 10.9. The minimum atomic E-state index is -0.302. The van der Waals surface area contributed by atoms with Crippen LogP contribution in [-0.4, -0.2) is 37.2 Å². The molecule has 0 bridgehead atoms. The Morgan fingerprint density at radius 2 is 1.84 bits per heavy atom. The Hall–Kier alpha value is -3.39. The molecule has 160 valence electrons. The van der Waals surface area contributed by atoms with E-state index in [1.807, 2.05) is 47.9 Å². The number of nitro benzene ring substituents is 1. The van der Waals surface area contributed by atoms with E-state index in [2.05, 4.69) is 9.88 Å². The van der Waals surface area contributed by atoms with Crippen molar-refractivity contribution in [1.82, 2.24) is 4.98 Å². The minimum absolute atomic E-state index is 0.147. The molecular formula is C23H23N3O4S. The predicted molar refractivity (Wildman–Crippen MR) is 124 cm³/mol. The van der Waals surface area contributed by atoms with Crippen LogP contribution in [0, 0.1) is 10.1 Å². The maximum absolute atomic E-state index is 11.6. The largest absolute Gasteiger partial charge is 0.493 e. The fourth-order valence-corrected chi connectivity index (χ4v) is 4.39. The Morgan fingerprint density at radius 3 is 2.55 bits per heavy atom. The molecule has 1 aromatic heterocycles. The van der Waals surface area contributed by atoms with Crippen LogP contribution < -0.4 is 14.4 Å². The molecule has 0 aliphatic carbocycles. The number of nitro groups is 1. The van der Waals surface area contributed by atoms with Crippen molar-refractivity contribution in [3.05, 3.63) is 62.5 Å². The zero-order valence-corrected chi connectivity index (χ0v) is 18.2. The number of anilines is 1. The molecule has 4 rings (SSSR count). The number of ether oxygens (including phenoxy) is 2. The first-order valence-electron chi connectivity index (χ1n) is 9.98. The summed E-state index contributed by atoms with van der Waals surface area (Å²) in [5.74, 6) is 1.32. The van der Waals surface area contributed by atoms with Crippen LogP contribution in [-0.2, 0) is 0 Å². The van der Waals surface area contributed by atoms with E-state index < -0.39 is 0 Å². The van der Waals surface area contributed by atoms with Crippen molar-refractivity contribution in [2.45, 2.75) is 12.8 Å². The van der Waals surface area contributed by atoms with Gasteiger partial charge in [0.25, 0.3) is 5.69 Å². The van der Waals surface area contributed by atoms with E-state index in [4.69, 9.17) is 9.47 Å². The molecule has 3 aromatic rings. The van der Waals surface area contributed by atoms with Gasteiger partial charge in [-0.3, -0.25) is 10.1 Å². The summed E-state index contributed by atoms with van der Waals surface area (Å²) in [4.78, 5) is 18.0. The van der Waals surface area contributed by atoms with E-state index in [0.717, 1.165) is 47.8 Å². The molecule has 0 radical (unpaired) electrons. The van der Waals surface area contributed by atoms with Crippen molar-refractivity contribution in [2.24, 2.45) is 0 Å². The van der Waals surface area contributed by atoms with Gasteiger partial charge in [0.2, 0.25) is 0 Å². The van der Waals surface area contributed by atoms with Crippen molar-refractivity contribution in [3.8, 4) is 22.8 Å². The molecule has 0 amide bonds. The van der Waals surface area contributed by atoms with E-state index in [1.54, 1.807) is 20.3 Å². The number of aromatic nitrogens is 1. The topological polar surface area (TPSA) is 77.7 Å². The lowest BCUT2D eigenvalue weighted by molar-refractivity contribution is -0.384. The van der Waals surface area contributed by atoms with Crippen LogP contribution in [0.25, 0.3) is 23.4 Å². The highest BCUT2D eigenvalue weighted by atomic mass is 32.1. The average molecular weight is 438 g/mol. The molecule has 0 saturated carbocycles. The smallest absolute Gasteiger partial charge is 0.293 e. The fourth-order valence-electron chi connectivity index (χ4n) is 3.68. The van der Waals surface area contributed by atoms with Crippen LogP contribution >= 0.6 is 11.3 Å². The summed E-state index contributed by atoms with van der Waals surface area (Å²) < 4.78 is 10.6. The number of hydrogen-bond donors (Lipinski definition) is 0. The van der Waals surface area contributed by atoms with Gasteiger partial charge in [-0.25, -0.2) is 4.98 Å². The third kappa shape index (κ3) is 4.54. The number of hydrogen-bond acceptors (Lipinski definition) is 7. The maximum atomic E-state index is 11.6. The highest BCUT2D eigenvalue weighted by molar-refractivity contribution is 7.10. The predicted octanol–water partition coefficient (Wildman–Crippen LogP) is 5.51. The van der Waals surface area contributed by atoms with Crippen LogP contribution in [0.1, 0.15) is 23.4 Å². The van der Waals surface area contributed by atoms with Gasteiger partial charge in [0, 0.05) is 30.1 Å². The SMILES string of the molecule is COc1ccc(-c2csc(/C=C/c3ccc(N4CCCC4)c([N+](=O)[O-])c3)n2)cc1OC. The van der Waals surface area contributed by atoms with E-state index in [9.17, 15) is 10.1 Å². The molecule has 0 N–H and O–H groups in total. The summed E-state index contributed by atoms with van der Waals surface area (Å²) in [6, 6.07) is 11.1. The van der Waals surface area contributed by atoms with Gasteiger partial charge >= 0.3 is 0 Å². The molecule has 1 fully saturated rings. The van der Waals surface area contributed by atoms with Gasteiger partial charge in [-0.15, -0.1) is 11.3 Å². The normalized spacial score (nSPS) is 13.7. The second-order valence-corrected chi connectivity index (χ2v) is 8.06. The van der Waals surface area contributed by atoms with Crippen molar-refractivity contribution in [3.63, 3.8) is 0 Å². The summed E-state index contributed by atoms with van der Waals surface area (Å²) in [5, 5.41) is 14.4. The molecule has 7 nitrogen and oxygen atoms in total. The standard InChI is InChI=1S/C23H23N3O4S/c1-29-21-9-7-17(14-22(21)30-2)18-15-31-23(24-18)10-6-16-5-8-19(20(13-16)26(27)28)25-11-3-4-12-25/h5-10,13-15H,3-4,11-12H2,1-2H3/b10-6+.